The zero-order chi connectivity index (χ0) is 25.5. The summed E-state index contributed by atoms with van der Waals surface area (Å²) in [5.74, 6) is 0.618. The minimum Gasteiger partial charge on any atom is -0.471 e. The van der Waals surface area contributed by atoms with Crippen LogP contribution in [0.5, 0.6) is 0 Å². The molecule has 0 saturated heterocycles. The van der Waals surface area contributed by atoms with E-state index in [4.69, 9.17) is 4.74 Å². The molecule has 0 radical (unpaired) electrons. The van der Waals surface area contributed by atoms with Crippen LogP contribution in [-0.2, 0) is 24.2 Å². The maximum atomic E-state index is 9.65. The van der Waals surface area contributed by atoms with Crippen molar-refractivity contribution >= 4 is 17.6 Å². The predicted octanol–water partition coefficient (Wildman–Crippen LogP) is 6.22. The van der Waals surface area contributed by atoms with Gasteiger partial charge in [0.1, 0.15) is 12.3 Å². The Balaban J connectivity index is 1.28. The monoisotopic (exact) mass is 493 g/mol. The summed E-state index contributed by atoms with van der Waals surface area (Å²) < 4.78 is 6.06. The number of aliphatic hydroxyl groups excluding tert-OH is 1. The molecule has 1 saturated carbocycles. The van der Waals surface area contributed by atoms with E-state index in [-0.39, 0.29) is 6.10 Å². The van der Waals surface area contributed by atoms with Gasteiger partial charge in [-0.1, -0.05) is 72.3 Å². The number of allylic oxidation sites excluding steroid dienone is 2. The average molecular weight is 494 g/mol. The average Bonchev–Trinajstić information content (AvgIpc) is 2.89. The molecule has 0 amide bonds. The second-order valence-electron chi connectivity index (χ2n) is 9.83. The van der Waals surface area contributed by atoms with Crippen LogP contribution < -0.4 is 10.6 Å². The van der Waals surface area contributed by atoms with Gasteiger partial charge in [0.15, 0.2) is 0 Å². The third-order valence-electron chi connectivity index (χ3n) is 6.80. The number of hydrogen-bond acceptors (Lipinski definition) is 5. The normalized spacial score (nSPS) is 15.6. The van der Waals surface area contributed by atoms with Crippen LogP contribution in [0.1, 0.15) is 48.4 Å². The summed E-state index contributed by atoms with van der Waals surface area (Å²) in [5, 5.41) is 16.8. The van der Waals surface area contributed by atoms with Gasteiger partial charge in [-0.2, -0.15) is 0 Å². The SMILES string of the molecule is CC(O)Cc1ccc(CC(Nc2ccc(C3=C(OCc4ccccc4)N=CCN3)cc2)=C2CCC2)cc1. The summed E-state index contributed by atoms with van der Waals surface area (Å²) in [5.41, 5.74) is 9.43. The Labute approximate surface area is 219 Å². The summed E-state index contributed by atoms with van der Waals surface area (Å²) in [6.45, 7) is 2.99. The van der Waals surface area contributed by atoms with Crippen LogP contribution in [-0.4, -0.2) is 24.0 Å². The van der Waals surface area contributed by atoms with Crippen LogP contribution in [0.4, 0.5) is 5.69 Å². The Morgan fingerprint density at radius 3 is 2.35 bits per heavy atom. The van der Waals surface area contributed by atoms with Crippen molar-refractivity contribution in [1.82, 2.24) is 5.32 Å². The van der Waals surface area contributed by atoms with Gasteiger partial charge >= 0.3 is 0 Å². The molecule has 0 spiro atoms. The van der Waals surface area contributed by atoms with Crippen molar-refractivity contribution in [2.24, 2.45) is 4.99 Å². The van der Waals surface area contributed by atoms with Gasteiger partial charge < -0.3 is 20.5 Å². The van der Waals surface area contributed by atoms with E-state index in [0.29, 0.717) is 25.5 Å². The highest BCUT2D eigenvalue weighted by molar-refractivity contribution is 5.76. The van der Waals surface area contributed by atoms with Gasteiger partial charge in [-0.3, -0.25) is 0 Å². The molecule has 2 aliphatic rings. The number of aliphatic imine (C=N–C) groups is 1. The van der Waals surface area contributed by atoms with E-state index in [0.717, 1.165) is 41.8 Å². The maximum Gasteiger partial charge on any atom is 0.238 e. The number of ether oxygens (including phenoxy) is 1. The van der Waals surface area contributed by atoms with Crippen molar-refractivity contribution in [3.63, 3.8) is 0 Å². The standard InChI is InChI=1S/C32H35N3O2/c1-23(36)20-24-10-12-25(13-11-24)21-30(27-8-5-9-27)35-29-16-14-28(15-17-29)31-32(34-19-18-33-31)37-22-26-6-3-2-4-7-26/h2-4,6-7,10-17,19,23,33,35-36H,5,8-9,18,20-22H2,1H3. The first-order valence-electron chi connectivity index (χ1n) is 13.2. The lowest BCUT2D eigenvalue weighted by Crippen LogP contribution is -2.21. The van der Waals surface area contributed by atoms with E-state index in [1.807, 2.05) is 31.3 Å². The molecule has 1 atom stereocenters. The van der Waals surface area contributed by atoms with Crippen molar-refractivity contribution in [2.75, 3.05) is 11.9 Å². The molecule has 1 aliphatic carbocycles. The first-order chi connectivity index (χ1) is 18.1. The lowest BCUT2D eigenvalue weighted by molar-refractivity contribution is 0.195. The van der Waals surface area contributed by atoms with Crippen molar-refractivity contribution in [2.45, 2.75) is 51.7 Å². The van der Waals surface area contributed by atoms with Gasteiger partial charge in [-0.05, 0) is 61.4 Å². The number of aliphatic hydroxyl groups is 1. The molecule has 5 heteroatoms. The lowest BCUT2D eigenvalue weighted by Gasteiger charge is -2.24. The Morgan fingerprint density at radius 1 is 0.946 bits per heavy atom. The van der Waals surface area contributed by atoms with Gasteiger partial charge in [-0.15, -0.1) is 0 Å². The summed E-state index contributed by atoms with van der Waals surface area (Å²) in [6, 6.07) is 27.3. The number of benzene rings is 3. The van der Waals surface area contributed by atoms with Crippen molar-refractivity contribution in [1.29, 1.82) is 0 Å². The highest BCUT2D eigenvalue weighted by atomic mass is 16.5. The summed E-state index contributed by atoms with van der Waals surface area (Å²) in [4.78, 5) is 4.52. The minimum absolute atomic E-state index is 0.318. The van der Waals surface area contributed by atoms with E-state index < -0.39 is 0 Å². The van der Waals surface area contributed by atoms with Gasteiger partial charge in [0.25, 0.3) is 0 Å². The molecular formula is C32H35N3O2. The number of rotatable bonds is 10. The fourth-order valence-electron chi connectivity index (χ4n) is 4.62. The molecule has 0 aromatic heterocycles. The first-order valence-corrected chi connectivity index (χ1v) is 13.2. The zero-order valence-electron chi connectivity index (χ0n) is 21.4. The van der Waals surface area contributed by atoms with Crippen LogP contribution in [0.25, 0.3) is 5.70 Å². The van der Waals surface area contributed by atoms with Crippen LogP contribution in [0.3, 0.4) is 0 Å². The van der Waals surface area contributed by atoms with E-state index in [9.17, 15) is 5.11 Å². The molecule has 5 nitrogen and oxygen atoms in total. The van der Waals surface area contributed by atoms with Crippen molar-refractivity contribution in [3.8, 4) is 0 Å². The fourth-order valence-corrected chi connectivity index (χ4v) is 4.62. The van der Waals surface area contributed by atoms with Crippen LogP contribution in [0, 0.1) is 0 Å². The molecule has 37 heavy (non-hydrogen) atoms. The zero-order valence-corrected chi connectivity index (χ0v) is 21.4. The molecule has 190 valence electrons. The highest BCUT2D eigenvalue weighted by Gasteiger charge is 2.17. The smallest absolute Gasteiger partial charge is 0.238 e. The van der Waals surface area contributed by atoms with E-state index >= 15 is 0 Å². The Morgan fingerprint density at radius 2 is 1.68 bits per heavy atom. The molecule has 1 fully saturated rings. The predicted molar refractivity (Wildman–Crippen MR) is 151 cm³/mol. The minimum atomic E-state index is -0.318. The van der Waals surface area contributed by atoms with Gasteiger partial charge in [0, 0.05) is 29.6 Å². The summed E-state index contributed by atoms with van der Waals surface area (Å²) >= 11 is 0. The Bertz CT molecular complexity index is 1270. The maximum absolute atomic E-state index is 9.65. The topological polar surface area (TPSA) is 65.9 Å². The second kappa shape index (κ2) is 11.9. The van der Waals surface area contributed by atoms with Gasteiger partial charge in [0.05, 0.1) is 12.6 Å². The van der Waals surface area contributed by atoms with E-state index in [2.05, 4.69) is 76.3 Å². The molecule has 3 aromatic rings. The second-order valence-corrected chi connectivity index (χ2v) is 9.83. The number of hydrogen-bond donors (Lipinski definition) is 3. The summed E-state index contributed by atoms with van der Waals surface area (Å²) in [6.07, 6.45) is 6.68. The quantitative estimate of drug-likeness (QED) is 0.314. The fraction of sp³-hybridized carbons (Fsp3) is 0.281. The number of nitrogens with one attached hydrogen (secondary N) is 2. The van der Waals surface area contributed by atoms with Gasteiger partial charge in [-0.25, -0.2) is 4.99 Å². The van der Waals surface area contributed by atoms with Crippen molar-refractivity contribution < 1.29 is 9.84 Å². The molecular weight excluding hydrogens is 458 g/mol. The van der Waals surface area contributed by atoms with Gasteiger partial charge in [0.2, 0.25) is 5.88 Å². The molecule has 1 aliphatic heterocycles. The molecule has 5 rings (SSSR count). The molecule has 3 N–H and O–H groups in total. The Hall–Kier alpha value is -3.83. The molecule has 3 aromatic carbocycles. The first kappa shape index (κ1) is 24.8. The van der Waals surface area contributed by atoms with Crippen molar-refractivity contribution in [3.05, 3.63) is 118 Å². The number of anilines is 1. The van der Waals surface area contributed by atoms with E-state index in [1.165, 1.54) is 28.8 Å². The molecule has 1 unspecified atom stereocenters. The summed E-state index contributed by atoms with van der Waals surface area (Å²) in [7, 11) is 0. The third kappa shape index (κ3) is 6.69. The lowest BCUT2D eigenvalue weighted by atomic mass is 9.88. The van der Waals surface area contributed by atoms with Crippen LogP contribution >= 0.6 is 0 Å². The third-order valence-corrected chi connectivity index (χ3v) is 6.80. The van der Waals surface area contributed by atoms with Crippen LogP contribution in [0.15, 0.2) is 101 Å². The highest BCUT2D eigenvalue weighted by Crippen LogP contribution is 2.31. The van der Waals surface area contributed by atoms with Crippen LogP contribution in [0.2, 0.25) is 0 Å². The Kier molecular flexibility index (Phi) is 8.02. The molecule has 0 bridgehead atoms. The van der Waals surface area contributed by atoms with E-state index in [1.54, 1.807) is 0 Å². The number of nitrogens with zero attached hydrogens (tertiary/aromatic N) is 1. The largest absolute Gasteiger partial charge is 0.471 e. The molecule has 1 heterocycles.